The van der Waals surface area contributed by atoms with E-state index in [0.717, 1.165) is 6.42 Å². The standard InChI is InChI=1S/C35H60N10O10/c1-20(33(52)44-16-8-12-26(44)31(50)43-25(35(54)55)10-4-6-14-37)40-28(47)18-39-29(48)24(9-3-5-13-36)42-32(51)27-17-22(46)19-45(27)34(53)21(2)41-30(49)23-11-7-15-38-23/h20-27,38,46H,3-19,36-37H2,1-2H3,(H,39,48)(H,40,47)(H,41,49)(H,42,51)(H,43,50)(H,54,55)/t20-,21-,22+,23-,24-,25-,26-,27-/m0/s1. The van der Waals surface area contributed by atoms with Crippen LogP contribution in [-0.2, 0) is 38.4 Å². The summed E-state index contributed by atoms with van der Waals surface area (Å²) in [6.45, 7) is 3.90. The van der Waals surface area contributed by atoms with Crippen LogP contribution >= 0.6 is 0 Å². The Labute approximate surface area is 321 Å². The maximum Gasteiger partial charge on any atom is 0.326 e. The second-order valence-electron chi connectivity index (χ2n) is 14.5. The van der Waals surface area contributed by atoms with Crippen molar-refractivity contribution in [3.8, 4) is 0 Å². The second-order valence-corrected chi connectivity index (χ2v) is 14.5. The lowest BCUT2D eigenvalue weighted by Gasteiger charge is -2.29. The quantitative estimate of drug-likeness (QED) is 0.0500. The molecule has 20 nitrogen and oxygen atoms in total. The minimum Gasteiger partial charge on any atom is -0.480 e. The summed E-state index contributed by atoms with van der Waals surface area (Å²) >= 11 is 0. The number of aliphatic hydroxyl groups excluding tert-OH is 1. The number of hydrogen-bond donors (Lipinski definition) is 10. The lowest BCUT2D eigenvalue weighted by molar-refractivity contribution is -0.144. The molecule has 0 spiro atoms. The molecule has 0 bridgehead atoms. The second kappa shape index (κ2) is 22.2. The number of rotatable bonds is 21. The summed E-state index contributed by atoms with van der Waals surface area (Å²) in [5.74, 6) is -5.34. The zero-order valence-corrected chi connectivity index (χ0v) is 31.8. The van der Waals surface area contributed by atoms with E-state index in [9.17, 15) is 48.6 Å². The summed E-state index contributed by atoms with van der Waals surface area (Å²) in [4.78, 5) is 106. The molecule has 8 atom stereocenters. The third kappa shape index (κ3) is 13.4. The fraction of sp³-hybridized carbons (Fsp3) is 0.771. The van der Waals surface area contributed by atoms with E-state index in [4.69, 9.17) is 11.5 Å². The van der Waals surface area contributed by atoms with Gasteiger partial charge in [-0.3, -0.25) is 33.6 Å². The fourth-order valence-electron chi connectivity index (χ4n) is 7.08. The van der Waals surface area contributed by atoms with Crippen LogP contribution in [0.1, 0.15) is 84.5 Å². The normalized spacial score (nSPS) is 22.9. The van der Waals surface area contributed by atoms with Crippen LogP contribution in [0, 0.1) is 0 Å². The van der Waals surface area contributed by atoms with Crippen molar-refractivity contribution < 1.29 is 48.6 Å². The lowest BCUT2D eigenvalue weighted by Crippen LogP contribution is -2.57. The molecule has 3 fully saturated rings. The summed E-state index contributed by atoms with van der Waals surface area (Å²) < 4.78 is 0. The molecule has 55 heavy (non-hydrogen) atoms. The molecule has 3 rings (SSSR count). The number of carboxylic acid groups (broad SMARTS) is 1. The van der Waals surface area contributed by atoms with Crippen LogP contribution in [0.5, 0.6) is 0 Å². The van der Waals surface area contributed by atoms with Gasteiger partial charge >= 0.3 is 5.97 Å². The van der Waals surface area contributed by atoms with Gasteiger partial charge in [0.15, 0.2) is 0 Å². The SMILES string of the molecule is C[C@H](NC(=O)CNC(=O)[C@H](CCCCN)NC(=O)[C@@H]1C[C@@H](O)CN1C(=O)[C@H](C)NC(=O)[C@@H]1CCCN1)C(=O)N1CCC[C@H]1C(=O)N[C@@H](CCCCN)C(=O)O. The van der Waals surface area contributed by atoms with Gasteiger partial charge in [0.05, 0.1) is 18.7 Å². The number of hydrogen-bond acceptors (Lipinski definition) is 12. The van der Waals surface area contributed by atoms with Crippen LogP contribution in [0.25, 0.3) is 0 Å². The van der Waals surface area contributed by atoms with E-state index in [1.54, 1.807) is 0 Å². The molecule has 20 heteroatoms. The van der Waals surface area contributed by atoms with E-state index < -0.39 is 96.4 Å². The van der Waals surface area contributed by atoms with Crippen LogP contribution in [0.2, 0.25) is 0 Å². The molecule has 12 N–H and O–H groups in total. The number of unbranched alkanes of at least 4 members (excludes halogenated alkanes) is 2. The summed E-state index contributed by atoms with van der Waals surface area (Å²) in [7, 11) is 0. The maximum absolute atomic E-state index is 13.5. The van der Waals surface area contributed by atoms with Crippen LogP contribution in [0.3, 0.4) is 0 Å². The minimum atomic E-state index is -1.19. The highest BCUT2D eigenvalue weighted by Crippen LogP contribution is 2.21. The summed E-state index contributed by atoms with van der Waals surface area (Å²) in [5.41, 5.74) is 11.1. The number of nitrogens with two attached hydrogens (primary N) is 2. The Morgan fingerprint density at radius 1 is 0.745 bits per heavy atom. The Kier molecular flexibility index (Phi) is 18.2. The molecule has 0 aliphatic carbocycles. The van der Waals surface area contributed by atoms with Gasteiger partial charge in [-0.1, -0.05) is 0 Å². The molecule has 0 aromatic rings. The predicted octanol–water partition coefficient (Wildman–Crippen LogP) is -3.87. The Morgan fingerprint density at radius 3 is 1.96 bits per heavy atom. The number of aliphatic carboxylic acids is 1. The van der Waals surface area contributed by atoms with Crippen molar-refractivity contribution >= 4 is 47.3 Å². The van der Waals surface area contributed by atoms with Gasteiger partial charge in [0.2, 0.25) is 41.4 Å². The van der Waals surface area contributed by atoms with Crippen LogP contribution in [-0.4, -0.2) is 155 Å². The van der Waals surface area contributed by atoms with E-state index in [0.29, 0.717) is 64.6 Å². The van der Waals surface area contributed by atoms with Gasteiger partial charge in [-0.15, -0.1) is 0 Å². The van der Waals surface area contributed by atoms with Gasteiger partial charge in [0.1, 0.15) is 36.3 Å². The van der Waals surface area contributed by atoms with Gasteiger partial charge in [-0.25, -0.2) is 4.79 Å². The number of carbonyl (C=O) groups excluding carboxylic acids is 7. The van der Waals surface area contributed by atoms with Gasteiger partial charge in [-0.2, -0.15) is 0 Å². The first-order valence-electron chi connectivity index (χ1n) is 19.3. The third-order valence-electron chi connectivity index (χ3n) is 10.1. The minimum absolute atomic E-state index is 0.0810. The summed E-state index contributed by atoms with van der Waals surface area (Å²) in [6.07, 6.45) is 3.65. The van der Waals surface area contributed by atoms with Crippen molar-refractivity contribution in [1.82, 2.24) is 41.7 Å². The molecule has 3 saturated heterocycles. The Morgan fingerprint density at radius 2 is 1.35 bits per heavy atom. The number of β-amino-alcohol motifs (C(OH)–C–C–N with tert-alkyl or cyclic N) is 1. The van der Waals surface area contributed by atoms with Crippen LogP contribution in [0.4, 0.5) is 0 Å². The first-order chi connectivity index (χ1) is 26.2. The molecule has 7 amide bonds. The maximum atomic E-state index is 13.5. The van der Waals surface area contributed by atoms with Crippen LogP contribution in [0.15, 0.2) is 0 Å². The third-order valence-corrected chi connectivity index (χ3v) is 10.1. The van der Waals surface area contributed by atoms with Crippen molar-refractivity contribution in [2.45, 2.75) is 133 Å². The monoisotopic (exact) mass is 780 g/mol. The van der Waals surface area contributed by atoms with Crippen LogP contribution < -0.4 is 43.4 Å². The number of likely N-dealkylation sites (tertiary alicyclic amines) is 2. The molecule has 0 radical (unpaired) electrons. The zero-order chi connectivity index (χ0) is 40.7. The lowest BCUT2D eigenvalue weighted by atomic mass is 10.1. The molecular formula is C35H60N10O10. The first-order valence-corrected chi connectivity index (χ1v) is 19.3. The van der Waals surface area contributed by atoms with E-state index in [1.807, 2.05) is 0 Å². The molecule has 3 aliphatic rings. The number of carboxylic acids is 1. The molecular weight excluding hydrogens is 720 g/mol. The first kappa shape index (κ1) is 45.0. The number of carbonyl (C=O) groups is 8. The molecule has 0 unspecified atom stereocenters. The predicted molar refractivity (Wildman–Crippen MR) is 197 cm³/mol. The average molecular weight is 781 g/mol. The Hall–Kier alpha value is -4.40. The van der Waals surface area contributed by atoms with E-state index in [2.05, 4.69) is 31.9 Å². The molecule has 0 saturated carbocycles. The van der Waals surface area contributed by atoms with Gasteiger partial charge in [-0.05, 0) is 97.7 Å². The molecule has 0 aromatic carbocycles. The van der Waals surface area contributed by atoms with E-state index in [1.165, 1.54) is 23.6 Å². The topological polar surface area (TPSA) is 308 Å². The molecule has 310 valence electrons. The van der Waals surface area contributed by atoms with Gasteiger partial charge in [0, 0.05) is 19.5 Å². The number of nitrogens with zero attached hydrogens (tertiary/aromatic N) is 2. The molecule has 3 heterocycles. The highest BCUT2D eigenvalue weighted by atomic mass is 16.4. The van der Waals surface area contributed by atoms with E-state index >= 15 is 0 Å². The highest BCUT2D eigenvalue weighted by molar-refractivity contribution is 5.97. The van der Waals surface area contributed by atoms with Crippen molar-refractivity contribution in [3.63, 3.8) is 0 Å². The number of aliphatic hydroxyl groups is 1. The fourth-order valence-corrected chi connectivity index (χ4v) is 7.08. The highest BCUT2D eigenvalue weighted by Gasteiger charge is 2.42. The summed E-state index contributed by atoms with van der Waals surface area (Å²) in [6, 6.07) is -6.75. The average Bonchev–Trinajstić information content (AvgIpc) is 3.94. The Bertz CT molecular complexity index is 1380. The molecule has 3 aliphatic heterocycles. The van der Waals surface area contributed by atoms with Crippen molar-refractivity contribution in [2.75, 3.05) is 39.3 Å². The number of amides is 7. The van der Waals surface area contributed by atoms with Crippen molar-refractivity contribution in [1.29, 1.82) is 0 Å². The molecule has 0 aromatic heterocycles. The van der Waals surface area contributed by atoms with Crippen molar-refractivity contribution in [2.24, 2.45) is 11.5 Å². The Balaban J connectivity index is 1.55. The van der Waals surface area contributed by atoms with Gasteiger partial charge in [0.25, 0.3) is 0 Å². The zero-order valence-electron chi connectivity index (χ0n) is 31.8. The van der Waals surface area contributed by atoms with Crippen molar-refractivity contribution in [3.05, 3.63) is 0 Å². The smallest absolute Gasteiger partial charge is 0.326 e. The van der Waals surface area contributed by atoms with Gasteiger partial charge < -0.3 is 63.4 Å². The summed E-state index contributed by atoms with van der Waals surface area (Å²) in [5, 5.41) is 35.8. The van der Waals surface area contributed by atoms with E-state index in [-0.39, 0.29) is 38.3 Å². The number of nitrogens with one attached hydrogen (secondary N) is 6. The largest absolute Gasteiger partial charge is 0.480 e.